The summed E-state index contributed by atoms with van der Waals surface area (Å²) >= 11 is 0. The summed E-state index contributed by atoms with van der Waals surface area (Å²) in [6.07, 6.45) is 10.0. The van der Waals surface area contributed by atoms with Crippen molar-refractivity contribution in [3.05, 3.63) is 67.1 Å². The first-order valence-corrected chi connectivity index (χ1v) is 23.7. The number of allylic oxidation sites excluding steroid dienone is 1. The largest absolute Gasteiger partial charge is 0.491 e. The van der Waals surface area contributed by atoms with Gasteiger partial charge in [-0.2, -0.15) is 0 Å². The number of nitrogens with one attached hydrogen (secondary N) is 3. The van der Waals surface area contributed by atoms with E-state index in [1.807, 2.05) is 57.2 Å². The highest BCUT2D eigenvalue weighted by atomic mass is 32.2. The van der Waals surface area contributed by atoms with Crippen molar-refractivity contribution in [1.82, 2.24) is 35.2 Å². The molecule has 0 radical (unpaired) electrons. The number of benzene rings is 1. The molecule has 1 aromatic carbocycles. The molecule has 344 valence electrons. The molecule has 3 aromatic rings. The minimum Gasteiger partial charge on any atom is -0.491 e. The summed E-state index contributed by atoms with van der Waals surface area (Å²) in [7, 11) is -4.03. The van der Waals surface area contributed by atoms with Crippen molar-refractivity contribution in [2.24, 2.45) is 17.8 Å². The van der Waals surface area contributed by atoms with Gasteiger partial charge in [-0.15, -0.1) is 0 Å². The molecule has 2 aliphatic carbocycles. The number of aromatic nitrogens is 3. The van der Waals surface area contributed by atoms with Crippen LogP contribution in [0.25, 0.3) is 22.6 Å². The molecule has 2 aromatic heterocycles. The lowest BCUT2D eigenvalue weighted by molar-refractivity contribution is -0.142. The van der Waals surface area contributed by atoms with Crippen LogP contribution < -0.4 is 24.8 Å². The topological polar surface area (TPSA) is 208 Å². The number of carbonyl (C=O) groups is 4. The minimum absolute atomic E-state index is 0.00834. The number of pyridine rings is 1. The van der Waals surface area contributed by atoms with E-state index in [4.69, 9.17) is 19.2 Å². The van der Waals surface area contributed by atoms with Crippen molar-refractivity contribution in [3.63, 3.8) is 0 Å². The number of hydrogen-bond acceptors (Lipinski definition) is 12. The fourth-order valence-corrected chi connectivity index (χ4v) is 9.80. The van der Waals surface area contributed by atoms with Crippen LogP contribution in [0.15, 0.2) is 67.1 Å². The Labute approximate surface area is 375 Å². The summed E-state index contributed by atoms with van der Waals surface area (Å²) in [6, 6.07) is 8.74. The van der Waals surface area contributed by atoms with Gasteiger partial charge in [-0.05, 0) is 116 Å². The predicted molar refractivity (Wildman–Crippen MR) is 239 cm³/mol. The van der Waals surface area contributed by atoms with Crippen LogP contribution in [-0.4, -0.2) is 98.8 Å². The van der Waals surface area contributed by atoms with Crippen molar-refractivity contribution in [2.45, 2.75) is 141 Å². The molecule has 17 heteroatoms. The summed E-state index contributed by atoms with van der Waals surface area (Å²) < 4.78 is 46.0. The number of amides is 4. The Morgan fingerprint density at radius 3 is 2.36 bits per heavy atom. The quantitative estimate of drug-likeness (QED) is 0.197. The molecule has 1 unspecified atom stereocenters. The van der Waals surface area contributed by atoms with E-state index in [0.717, 1.165) is 12.0 Å². The monoisotopic (exact) mass is 899 g/mol. The van der Waals surface area contributed by atoms with Gasteiger partial charge < -0.3 is 29.7 Å². The average molecular weight is 900 g/mol. The van der Waals surface area contributed by atoms with Crippen molar-refractivity contribution in [3.8, 4) is 34.1 Å². The molecule has 7 rings (SSSR count). The lowest BCUT2D eigenvalue weighted by Crippen LogP contribution is -2.59. The van der Waals surface area contributed by atoms with Crippen molar-refractivity contribution < 1.29 is 41.8 Å². The first-order valence-electron chi connectivity index (χ1n) is 22.2. The summed E-state index contributed by atoms with van der Waals surface area (Å²) in [5.74, 6) is -1.60. The maximum atomic E-state index is 15.0. The van der Waals surface area contributed by atoms with E-state index in [9.17, 15) is 22.8 Å². The van der Waals surface area contributed by atoms with Gasteiger partial charge >= 0.3 is 6.09 Å². The van der Waals surface area contributed by atoms with Gasteiger partial charge in [0.15, 0.2) is 0 Å². The number of rotatable bonds is 10. The highest BCUT2D eigenvalue weighted by Gasteiger charge is 2.63. The van der Waals surface area contributed by atoms with Crippen LogP contribution in [0.4, 0.5) is 4.79 Å². The van der Waals surface area contributed by atoms with Gasteiger partial charge in [0, 0.05) is 42.4 Å². The Balaban J connectivity index is 1.24. The fraction of sp³-hybridized carbons (Fsp3) is 0.553. The van der Waals surface area contributed by atoms with Crippen LogP contribution in [-0.2, 0) is 29.1 Å². The average Bonchev–Trinajstić information content (AvgIpc) is 4.11. The zero-order valence-electron chi connectivity index (χ0n) is 37.9. The van der Waals surface area contributed by atoms with Crippen molar-refractivity contribution in [2.75, 3.05) is 6.54 Å². The number of nitrogens with zero attached hydrogens (tertiary/aromatic N) is 4. The highest BCUT2D eigenvalue weighted by Crippen LogP contribution is 2.48. The number of alkyl carbamates (subject to hydrolysis) is 1. The molecule has 4 aliphatic rings. The standard InChI is InChI=1S/C47H61N7O9S/c1-28(2)61-33-15-13-31(14-16-33)36-22-34(23-37(50-36)38-26-48-19-20-49-38)62-35-24-39-41(55)52-47(43(57)53-64(59,60)46(8)17-18-46)25-32(47)12-10-9-11-29(3)21-30(4)40(42(56)54(39)27-35)51-44(58)63-45(5,6)7/h10,12-16,19-20,22-23,26,28-30,32,35,39-40H,9,11,17-18,21,24-25,27H2,1-8H3,(H,51,58)(H,52,55)(H,53,57)/b12-10-/t29?,30-,32-,35-,39+,40+,47-/m1/s1. The lowest BCUT2D eigenvalue weighted by atomic mass is 9.88. The van der Waals surface area contributed by atoms with Gasteiger partial charge in [0.25, 0.3) is 5.91 Å². The number of carbonyl (C=O) groups excluding carboxylic acids is 4. The first kappa shape index (κ1) is 46.4. The second-order valence-electron chi connectivity index (χ2n) is 19.4. The zero-order chi connectivity index (χ0) is 46.2. The maximum Gasteiger partial charge on any atom is 0.408 e. The SMILES string of the molecule is CC1CC/C=C\[C@@H]2C[C@@]2(C(=O)NS(=O)(=O)C2(C)CC2)NC(=O)[C@@H]2C[C@@H](Oc3cc(-c4ccc(OC(C)C)cc4)nc(-c4cnccn4)c3)CN2C(=O)[C@@H](NC(=O)OC(C)(C)C)[C@H](C)C1. The Bertz CT molecular complexity index is 2370. The molecular formula is C47H61N7O9S. The summed E-state index contributed by atoms with van der Waals surface area (Å²) in [4.78, 5) is 72.2. The fourth-order valence-electron chi connectivity index (χ4n) is 8.48. The maximum absolute atomic E-state index is 15.0. The normalized spacial score (nSPS) is 27.4. The van der Waals surface area contributed by atoms with Crippen molar-refractivity contribution in [1.29, 1.82) is 0 Å². The number of hydrogen-bond donors (Lipinski definition) is 3. The molecule has 3 fully saturated rings. The minimum atomic E-state index is -4.03. The van der Waals surface area contributed by atoms with E-state index in [-0.39, 0.29) is 37.3 Å². The Morgan fingerprint density at radius 1 is 0.984 bits per heavy atom. The van der Waals surface area contributed by atoms with Crippen LogP contribution in [0.3, 0.4) is 0 Å². The van der Waals surface area contributed by atoms with Gasteiger partial charge in [0.05, 0.1) is 35.0 Å². The zero-order valence-corrected chi connectivity index (χ0v) is 38.7. The third kappa shape index (κ3) is 10.7. The highest BCUT2D eigenvalue weighted by molar-refractivity contribution is 7.91. The van der Waals surface area contributed by atoms with Crippen LogP contribution >= 0.6 is 0 Å². The molecule has 2 saturated carbocycles. The second kappa shape index (κ2) is 18.1. The summed E-state index contributed by atoms with van der Waals surface area (Å²) in [6.45, 7) is 14.6. The molecule has 64 heavy (non-hydrogen) atoms. The van der Waals surface area contributed by atoms with E-state index in [1.165, 1.54) is 4.90 Å². The molecule has 4 amide bonds. The second-order valence-corrected chi connectivity index (χ2v) is 21.6. The number of ether oxygens (including phenoxy) is 3. The smallest absolute Gasteiger partial charge is 0.408 e. The number of sulfonamides is 1. The Morgan fingerprint density at radius 2 is 1.70 bits per heavy atom. The van der Waals surface area contributed by atoms with Gasteiger partial charge in [0.1, 0.15) is 46.5 Å². The predicted octanol–water partition coefficient (Wildman–Crippen LogP) is 6.12. The number of fused-ring (bicyclic) bond motifs is 2. The van der Waals surface area contributed by atoms with Crippen molar-refractivity contribution >= 4 is 33.8 Å². The summed E-state index contributed by atoms with van der Waals surface area (Å²) in [5.41, 5.74) is -0.0946. The summed E-state index contributed by atoms with van der Waals surface area (Å²) in [5, 5.41) is 5.76. The molecule has 0 bridgehead atoms. The molecule has 4 heterocycles. The molecular weight excluding hydrogens is 839 g/mol. The van der Waals surface area contributed by atoms with E-state index in [0.29, 0.717) is 54.3 Å². The van der Waals surface area contributed by atoms with Crippen LogP contribution in [0.5, 0.6) is 11.5 Å². The van der Waals surface area contributed by atoms with E-state index < -0.39 is 73.8 Å². The Hall–Kier alpha value is -5.58. The van der Waals surface area contributed by atoms with Crippen LogP contribution in [0.2, 0.25) is 0 Å². The van der Waals surface area contributed by atoms with Gasteiger partial charge in [0.2, 0.25) is 21.8 Å². The van der Waals surface area contributed by atoms with Gasteiger partial charge in [-0.1, -0.05) is 26.0 Å². The first-order chi connectivity index (χ1) is 30.1. The molecule has 7 atom stereocenters. The van der Waals surface area contributed by atoms with E-state index >= 15 is 4.79 Å². The lowest BCUT2D eigenvalue weighted by Gasteiger charge is -2.33. The van der Waals surface area contributed by atoms with Gasteiger partial charge in [-0.3, -0.25) is 29.1 Å². The molecule has 2 aliphatic heterocycles. The molecule has 1 saturated heterocycles. The molecule has 3 N–H and O–H groups in total. The third-order valence-electron chi connectivity index (χ3n) is 12.4. The molecule has 16 nitrogen and oxygen atoms in total. The van der Waals surface area contributed by atoms with E-state index in [1.54, 1.807) is 58.4 Å². The van der Waals surface area contributed by atoms with Crippen LogP contribution in [0.1, 0.15) is 100 Å². The van der Waals surface area contributed by atoms with E-state index in [2.05, 4.69) is 32.2 Å². The Kier molecular flexibility index (Phi) is 13.1. The van der Waals surface area contributed by atoms with Crippen LogP contribution in [0, 0.1) is 17.8 Å². The third-order valence-corrected chi connectivity index (χ3v) is 14.5. The van der Waals surface area contributed by atoms with Gasteiger partial charge in [-0.25, -0.2) is 18.2 Å². The molecule has 0 spiro atoms.